The highest BCUT2D eigenvalue weighted by atomic mass is 32.2. The van der Waals surface area contributed by atoms with Gasteiger partial charge in [0, 0.05) is 4.90 Å². The molecule has 3 rings (SSSR count). The zero-order valence-corrected chi connectivity index (χ0v) is 12.3. The second-order valence-electron chi connectivity index (χ2n) is 4.58. The standard InChI is InChI=1S/C15H14N4OS/c1-11-7-8-14(12(9-11)10-20)21-15-16-17-18-19(15)13-5-3-2-4-6-13/h2-9,20H,10H2,1H3. The van der Waals surface area contributed by atoms with E-state index < -0.39 is 0 Å². The number of para-hydroxylation sites is 1. The molecule has 21 heavy (non-hydrogen) atoms. The summed E-state index contributed by atoms with van der Waals surface area (Å²) in [6, 6.07) is 15.7. The fraction of sp³-hybridized carbons (Fsp3) is 0.133. The number of tetrazole rings is 1. The first kappa shape index (κ1) is 13.8. The van der Waals surface area contributed by atoms with E-state index in [2.05, 4.69) is 15.5 Å². The van der Waals surface area contributed by atoms with Gasteiger partial charge in [0.05, 0.1) is 12.3 Å². The summed E-state index contributed by atoms with van der Waals surface area (Å²) in [5.41, 5.74) is 2.90. The van der Waals surface area contributed by atoms with Crippen LogP contribution >= 0.6 is 11.8 Å². The lowest BCUT2D eigenvalue weighted by Gasteiger charge is -2.08. The van der Waals surface area contributed by atoms with Crippen molar-refractivity contribution in [3.8, 4) is 5.69 Å². The molecular weight excluding hydrogens is 284 g/mol. The molecule has 1 N–H and O–H groups in total. The van der Waals surface area contributed by atoms with Gasteiger partial charge in [0.2, 0.25) is 5.16 Å². The molecule has 0 spiro atoms. The number of hydrogen-bond donors (Lipinski definition) is 1. The lowest BCUT2D eigenvalue weighted by atomic mass is 10.1. The van der Waals surface area contributed by atoms with Gasteiger partial charge < -0.3 is 5.11 Å². The maximum atomic E-state index is 9.49. The Morgan fingerprint density at radius 2 is 1.95 bits per heavy atom. The minimum Gasteiger partial charge on any atom is -0.392 e. The molecule has 0 aliphatic heterocycles. The van der Waals surface area contributed by atoms with Crippen molar-refractivity contribution < 1.29 is 5.11 Å². The van der Waals surface area contributed by atoms with E-state index in [1.165, 1.54) is 11.8 Å². The lowest BCUT2D eigenvalue weighted by Crippen LogP contribution is -1.99. The van der Waals surface area contributed by atoms with Crippen LogP contribution in [0.25, 0.3) is 5.69 Å². The topological polar surface area (TPSA) is 63.8 Å². The third-order valence-corrected chi connectivity index (χ3v) is 4.08. The van der Waals surface area contributed by atoms with E-state index in [4.69, 9.17) is 0 Å². The summed E-state index contributed by atoms with van der Waals surface area (Å²) >= 11 is 1.44. The molecule has 0 radical (unpaired) electrons. The van der Waals surface area contributed by atoms with Crippen molar-refractivity contribution in [1.29, 1.82) is 0 Å². The zero-order valence-electron chi connectivity index (χ0n) is 11.5. The maximum Gasteiger partial charge on any atom is 0.218 e. The molecule has 106 valence electrons. The van der Waals surface area contributed by atoms with Crippen molar-refractivity contribution in [2.75, 3.05) is 0 Å². The summed E-state index contributed by atoms with van der Waals surface area (Å²) in [4.78, 5) is 0.954. The van der Waals surface area contributed by atoms with E-state index in [9.17, 15) is 5.11 Å². The Hall–Kier alpha value is -2.18. The van der Waals surface area contributed by atoms with Crippen molar-refractivity contribution in [2.24, 2.45) is 0 Å². The van der Waals surface area contributed by atoms with E-state index >= 15 is 0 Å². The van der Waals surface area contributed by atoms with Crippen LogP contribution in [0.1, 0.15) is 11.1 Å². The van der Waals surface area contributed by atoms with Gasteiger partial charge in [0.25, 0.3) is 0 Å². The molecule has 5 nitrogen and oxygen atoms in total. The summed E-state index contributed by atoms with van der Waals surface area (Å²) in [7, 11) is 0. The molecule has 1 heterocycles. The van der Waals surface area contributed by atoms with Crippen molar-refractivity contribution in [1.82, 2.24) is 20.2 Å². The van der Waals surface area contributed by atoms with Gasteiger partial charge in [-0.3, -0.25) is 0 Å². The molecule has 0 aliphatic carbocycles. The Bertz CT molecular complexity index is 742. The first-order valence-electron chi connectivity index (χ1n) is 6.50. The highest BCUT2D eigenvalue weighted by Crippen LogP contribution is 2.30. The smallest absolute Gasteiger partial charge is 0.218 e. The van der Waals surface area contributed by atoms with Crippen molar-refractivity contribution in [3.63, 3.8) is 0 Å². The normalized spacial score (nSPS) is 10.8. The van der Waals surface area contributed by atoms with Gasteiger partial charge in [0.1, 0.15) is 0 Å². The minimum atomic E-state index is -0.00306. The van der Waals surface area contributed by atoms with Crippen LogP contribution in [-0.2, 0) is 6.61 Å². The first-order valence-corrected chi connectivity index (χ1v) is 7.31. The van der Waals surface area contributed by atoms with Gasteiger partial charge in [-0.1, -0.05) is 35.9 Å². The van der Waals surface area contributed by atoms with Gasteiger partial charge >= 0.3 is 0 Å². The van der Waals surface area contributed by atoms with Gasteiger partial charge in [-0.05, 0) is 52.9 Å². The summed E-state index contributed by atoms with van der Waals surface area (Å²) < 4.78 is 1.69. The molecule has 0 bridgehead atoms. The molecule has 0 fully saturated rings. The zero-order chi connectivity index (χ0) is 14.7. The SMILES string of the molecule is Cc1ccc(Sc2nnnn2-c2ccccc2)c(CO)c1. The van der Waals surface area contributed by atoms with E-state index in [0.717, 1.165) is 21.7 Å². The first-order chi connectivity index (χ1) is 10.3. The Balaban J connectivity index is 1.95. The maximum absolute atomic E-state index is 9.49. The van der Waals surface area contributed by atoms with Crippen molar-refractivity contribution in [3.05, 3.63) is 59.7 Å². The van der Waals surface area contributed by atoms with Crippen LogP contribution < -0.4 is 0 Å². The fourth-order valence-corrected chi connectivity index (χ4v) is 2.90. The third-order valence-electron chi connectivity index (χ3n) is 3.03. The van der Waals surface area contributed by atoms with Crippen LogP contribution in [0.3, 0.4) is 0 Å². The number of aliphatic hydroxyl groups is 1. The molecule has 0 amide bonds. The molecule has 0 aliphatic rings. The molecule has 3 aromatic rings. The van der Waals surface area contributed by atoms with Crippen LogP contribution in [0.4, 0.5) is 0 Å². The number of aliphatic hydroxyl groups excluding tert-OH is 1. The molecule has 6 heteroatoms. The predicted octanol–water partition coefficient (Wildman–Crippen LogP) is 2.61. The monoisotopic (exact) mass is 298 g/mol. The van der Waals surface area contributed by atoms with E-state index in [0.29, 0.717) is 5.16 Å². The quantitative estimate of drug-likeness (QED) is 0.802. The average molecular weight is 298 g/mol. The number of hydrogen-bond acceptors (Lipinski definition) is 5. The van der Waals surface area contributed by atoms with Gasteiger partial charge in [-0.15, -0.1) is 5.10 Å². The molecule has 2 aromatic carbocycles. The van der Waals surface area contributed by atoms with Crippen molar-refractivity contribution in [2.45, 2.75) is 23.6 Å². The third kappa shape index (κ3) is 2.96. The number of nitrogens with zero attached hydrogens (tertiary/aromatic N) is 4. The molecule has 0 unspecified atom stereocenters. The van der Waals surface area contributed by atoms with E-state index in [1.54, 1.807) is 4.68 Å². The average Bonchev–Trinajstić information content (AvgIpc) is 2.98. The second kappa shape index (κ2) is 6.07. The van der Waals surface area contributed by atoms with Crippen LogP contribution in [0.2, 0.25) is 0 Å². The Morgan fingerprint density at radius 3 is 2.71 bits per heavy atom. The Morgan fingerprint density at radius 1 is 1.14 bits per heavy atom. The highest BCUT2D eigenvalue weighted by Gasteiger charge is 2.12. The summed E-state index contributed by atoms with van der Waals surface area (Å²) in [5.74, 6) is 0. The van der Waals surface area contributed by atoms with Crippen LogP contribution in [-0.4, -0.2) is 25.3 Å². The van der Waals surface area contributed by atoms with Crippen molar-refractivity contribution >= 4 is 11.8 Å². The summed E-state index contributed by atoms with van der Waals surface area (Å²) in [6.07, 6.45) is 0. The van der Waals surface area contributed by atoms with E-state index in [1.807, 2.05) is 55.5 Å². The van der Waals surface area contributed by atoms with Gasteiger partial charge in [-0.2, -0.15) is 4.68 Å². The number of benzene rings is 2. The molecular formula is C15H14N4OS. The van der Waals surface area contributed by atoms with Gasteiger partial charge in [-0.25, -0.2) is 0 Å². The Kier molecular flexibility index (Phi) is 3.98. The molecule has 0 saturated heterocycles. The fourth-order valence-electron chi connectivity index (χ4n) is 2.00. The molecule has 0 saturated carbocycles. The number of aromatic nitrogens is 4. The van der Waals surface area contributed by atoms with Crippen LogP contribution in [0.5, 0.6) is 0 Å². The van der Waals surface area contributed by atoms with E-state index in [-0.39, 0.29) is 6.61 Å². The summed E-state index contributed by atoms with van der Waals surface area (Å²) in [6.45, 7) is 2.00. The minimum absolute atomic E-state index is 0.00306. The highest BCUT2D eigenvalue weighted by molar-refractivity contribution is 7.99. The number of rotatable bonds is 4. The second-order valence-corrected chi connectivity index (χ2v) is 5.59. The lowest BCUT2D eigenvalue weighted by molar-refractivity contribution is 0.279. The number of aryl methyl sites for hydroxylation is 1. The summed E-state index contributed by atoms with van der Waals surface area (Å²) in [5, 5.41) is 22.0. The molecule has 1 aromatic heterocycles. The largest absolute Gasteiger partial charge is 0.392 e. The molecule has 0 atom stereocenters. The van der Waals surface area contributed by atoms with Gasteiger partial charge in [0.15, 0.2) is 0 Å². The predicted molar refractivity (Wildman–Crippen MR) is 80.4 cm³/mol. The van der Waals surface area contributed by atoms with Crippen LogP contribution in [0, 0.1) is 6.92 Å². The van der Waals surface area contributed by atoms with Crippen LogP contribution in [0.15, 0.2) is 58.6 Å². The Labute approximate surface area is 126 Å².